The Morgan fingerprint density at radius 3 is 2.92 bits per heavy atom. The average Bonchev–Trinajstić information content (AvgIpc) is 2.15. The van der Waals surface area contributed by atoms with Gasteiger partial charge in [-0.05, 0) is 11.3 Å². The van der Waals surface area contributed by atoms with E-state index in [1.54, 1.807) is 13.3 Å². The largest absolute Gasteiger partial charge is 0.496 e. The molecule has 0 fully saturated rings. The molecule has 0 radical (unpaired) electrons. The van der Waals surface area contributed by atoms with Crippen molar-refractivity contribution in [2.45, 2.75) is 24.9 Å². The second kappa shape index (κ2) is 5.12. The maximum atomic E-state index is 5.22. The lowest BCUT2D eigenvalue weighted by molar-refractivity contribution is 0.410. The molecule has 1 heterocycles. The van der Waals surface area contributed by atoms with Crippen LogP contribution >= 0.6 is 11.8 Å². The highest BCUT2D eigenvalue weighted by Crippen LogP contribution is 2.23. The Morgan fingerprint density at radius 2 is 2.31 bits per heavy atom. The summed E-state index contributed by atoms with van der Waals surface area (Å²) in [6.45, 7) is 4.38. The number of nitrogens with zero attached hydrogens (tertiary/aromatic N) is 1. The molecule has 3 heteroatoms. The van der Waals surface area contributed by atoms with Crippen LogP contribution in [-0.4, -0.2) is 17.3 Å². The first-order valence-electron chi connectivity index (χ1n) is 4.32. The number of ether oxygens (including phenoxy) is 1. The second-order valence-corrected chi connectivity index (χ2v) is 4.61. The normalized spacial score (nSPS) is 10.5. The maximum absolute atomic E-state index is 5.22. The summed E-state index contributed by atoms with van der Waals surface area (Å²) in [7, 11) is 1.69. The van der Waals surface area contributed by atoms with Crippen molar-refractivity contribution in [1.29, 1.82) is 0 Å². The van der Waals surface area contributed by atoms with Gasteiger partial charge in [0.05, 0.1) is 7.11 Å². The van der Waals surface area contributed by atoms with E-state index in [0.717, 1.165) is 11.5 Å². The first kappa shape index (κ1) is 10.4. The molecule has 0 aliphatic rings. The molecule has 0 N–H and O–H groups in total. The number of rotatable bonds is 4. The molecule has 0 saturated heterocycles. The van der Waals surface area contributed by atoms with Crippen LogP contribution in [0, 0.1) is 0 Å². The second-order valence-electron chi connectivity index (χ2n) is 3.05. The number of pyridine rings is 1. The zero-order valence-electron chi connectivity index (χ0n) is 8.28. The number of hydrogen-bond acceptors (Lipinski definition) is 3. The van der Waals surface area contributed by atoms with Crippen LogP contribution in [0.4, 0.5) is 0 Å². The molecule has 2 nitrogen and oxygen atoms in total. The molecule has 0 aromatic carbocycles. The fraction of sp³-hybridized carbons (Fsp3) is 0.500. The van der Waals surface area contributed by atoms with E-state index in [1.165, 1.54) is 5.56 Å². The third-order valence-corrected chi connectivity index (χ3v) is 2.80. The maximum Gasteiger partial charge on any atom is 0.125 e. The molecule has 0 amide bonds. The molecule has 1 rings (SSSR count). The molecule has 0 bridgehead atoms. The lowest BCUT2D eigenvalue weighted by atomic mass is 10.3. The van der Waals surface area contributed by atoms with Crippen molar-refractivity contribution >= 4 is 11.8 Å². The van der Waals surface area contributed by atoms with Gasteiger partial charge in [0, 0.05) is 23.7 Å². The molecule has 0 saturated carbocycles. The van der Waals surface area contributed by atoms with Gasteiger partial charge < -0.3 is 4.74 Å². The van der Waals surface area contributed by atoms with Crippen LogP contribution in [0.5, 0.6) is 5.75 Å². The minimum absolute atomic E-state index is 0.643. The van der Waals surface area contributed by atoms with E-state index in [4.69, 9.17) is 4.74 Å². The summed E-state index contributed by atoms with van der Waals surface area (Å²) in [4.78, 5) is 4.08. The summed E-state index contributed by atoms with van der Waals surface area (Å²) >= 11 is 1.89. The third-order valence-electron chi connectivity index (χ3n) is 1.65. The van der Waals surface area contributed by atoms with Crippen molar-refractivity contribution < 1.29 is 4.74 Å². The SMILES string of the molecule is COc1ccncc1CSC(C)C. The Balaban J connectivity index is 2.64. The van der Waals surface area contributed by atoms with Gasteiger partial charge in [-0.3, -0.25) is 4.98 Å². The predicted molar refractivity (Wildman–Crippen MR) is 57.2 cm³/mol. The fourth-order valence-corrected chi connectivity index (χ4v) is 1.71. The standard InChI is InChI=1S/C10H15NOS/c1-8(2)13-7-9-6-11-5-4-10(9)12-3/h4-6,8H,7H2,1-3H3. The van der Waals surface area contributed by atoms with Gasteiger partial charge in [0.25, 0.3) is 0 Å². The highest BCUT2D eigenvalue weighted by Gasteiger charge is 2.03. The van der Waals surface area contributed by atoms with Gasteiger partial charge in [0.2, 0.25) is 0 Å². The molecule has 0 aliphatic carbocycles. The molecular weight excluding hydrogens is 182 g/mol. The van der Waals surface area contributed by atoms with Crippen LogP contribution in [0.2, 0.25) is 0 Å². The van der Waals surface area contributed by atoms with Crippen molar-refractivity contribution in [3.63, 3.8) is 0 Å². The van der Waals surface area contributed by atoms with Crippen molar-refractivity contribution in [3.05, 3.63) is 24.0 Å². The molecule has 0 atom stereocenters. The Kier molecular flexibility index (Phi) is 4.09. The molecule has 0 unspecified atom stereocenters. The summed E-state index contributed by atoms with van der Waals surface area (Å²) in [6.07, 6.45) is 3.62. The van der Waals surface area contributed by atoms with Crippen LogP contribution in [-0.2, 0) is 5.75 Å². The van der Waals surface area contributed by atoms with Crippen molar-refractivity contribution in [2.75, 3.05) is 7.11 Å². The summed E-state index contributed by atoms with van der Waals surface area (Å²) < 4.78 is 5.22. The fourth-order valence-electron chi connectivity index (χ4n) is 0.978. The first-order valence-corrected chi connectivity index (χ1v) is 5.37. The number of aromatic nitrogens is 1. The minimum atomic E-state index is 0.643. The summed E-state index contributed by atoms with van der Waals surface area (Å²) in [5.41, 5.74) is 1.17. The van der Waals surface area contributed by atoms with E-state index in [0.29, 0.717) is 5.25 Å². The zero-order valence-corrected chi connectivity index (χ0v) is 9.10. The highest BCUT2D eigenvalue weighted by molar-refractivity contribution is 7.99. The Morgan fingerprint density at radius 1 is 1.54 bits per heavy atom. The number of hydrogen-bond donors (Lipinski definition) is 0. The molecule has 1 aromatic heterocycles. The van der Waals surface area contributed by atoms with E-state index in [9.17, 15) is 0 Å². The van der Waals surface area contributed by atoms with E-state index in [1.807, 2.05) is 24.0 Å². The van der Waals surface area contributed by atoms with Gasteiger partial charge in [0.1, 0.15) is 5.75 Å². The summed E-state index contributed by atoms with van der Waals surface area (Å²) in [5.74, 6) is 1.90. The predicted octanol–water partition coefficient (Wildman–Crippen LogP) is 2.73. The summed E-state index contributed by atoms with van der Waals surface area (Å²) in [6, 6.07) is 1.90. The molecular formula is C10H15NOS. The minimum Gasteiger partial charge on any atom is -0.496 e. The van der Waals surface area contributed by atoms with Crippen LogP contribution in [0.25, 0.3) is 0 Å². The lowest BCUT2D eigenvalue weighted by Gasteiger charge is -2.08. The molecule has 72 valence electrons. The van der Waals surface area contributed by atoms with Gasteiger partial charge in [-0.15, -0.1) is 0 Å². The first-order chi connectivity index (χ1) is 6.24. The van der Waals surface area contributed by atoms with Crippen molar-refractivity contribution in [2.24, 2.45) is 0 Å². The van der Waals surface area contributed by atoms with Crippen LogP contribution in [0.1, 0.15) is 19.4 Å². The van der Waals surface area contributed by atoms with Gasteiger partial charge in [-0.1, -0.05) is 13.8 Å². The van der Waals surface area contributed by atoms with Crippen LogP contribution in [0.15, 0.2) is 18.5 Å². The Hall–Kier alpha value is -0.700. The van der Waals surface area contributed by atoms with E-state index < -0.39 is 0 Å². The molecule has 0 aliphatic heterocycles. The average molecular weight is 197 g/mol. The third kappa shape index (κ3) is 3.27. The monoisotopic (exact) mass is 197 g/mol. The van der Waals surface area contributed by atoms with Crippen molar-refractivity contribution in [3.8, 4) is 5.75 Å². The van der Waals surface area contributed by atoms with Gasteiger partial charge in [0.15, 0.2) is 0 Å². The Bertz CT molecular complexity index is 263. The molecule has 0 spiro atoms. The van der Waals surface area contributed by atoms with E-state index in [2.05, 4.69) is 18.8 Å². The van der Waals surface area contributed by atoms with Gasteiger partial charge >= 0.3 is 0 Å². The van der Waals surface area contributed by atoms with Gasteiger partial charge in [-0.25, -0.2) is 0 Å². The smallest absolute Gasteiger partial charge is 0.125 e. The summed E-state index contributed by atoms with van der Waals surface area (Å²) in [5, 5.41) is 0.643. The Labute approximate surface area is 83.7 Å². The molecule has 1 aromatic rings. The van der Waals surface area contributed by atoms with Crippen LogP contribution < -0.4 is 4.74 Å². The van der Waals surface area contributed by atoms with E-state index in [-0.39, 0.29) is 0 Å². The van der Waals surface area contributed by atoms with E-state index >= 15 is 0 Å². The topological polar surface area (TPSA) is 22.1 Å². The van der Waals surface area contributed by atoms with Crippen LogP contribution in [0.3, 0.4) is 0 Å². The quantitative estimate of drug-likeness (QED) is 0.741. The lowest BCUT2D eigenvalue weighted by Crippen LogP contribution is -1.94. The number of thioether (sulfide) groups is 1. The van der Waals surface area contributed by atoms with Gasteiger partial charge in [-0.2, -0.15) is 11.8 Å². The molecule has 13 heavy (non-hydrogen) atoms. The zero-order chi connectivity index (χ0) is 9.68. The van der Waals surface area contributed by atoms with Crippen molar-refractivity contribution in [1.82, 2.24) is 4.98 Å². The highest BCUT2D eigenvalue weighted by atomic mass is 32.2. The number of methoxy groups -OCH3 is 1.